The van der Waals surface area contributed by atoms with E-state index in [1.54, 1.807) is 17.5 Å². The lowest BCUT2D eigenvalue weighted by molar-refractivity contribution is 0.0621. The Bertz CT molecular complexity index is 830. The molecule has 150 valence electrons. The minimum atomic E-state index is -0.102. The fourth-order valence-electron chi connectivity index (χ4n) is 3.65. The zero-order valence-electron chi connectivity index (χ0n) is 16.1. The Morgan fingerprint density at radius 2 is 1.89 bits per heavy atom. The highest BCUT2D eigenvalue weighted by Crippen LogP contribution is 2.22. The number of rotatable bonds is 5. The van der Waals surface area contributed by atoms with E-state index in [1.165, 1.54) is 5.01 Å². The Labute approximate surface area is 174 Å². The van der Waals surface area contributed by atoms with E-state index in [2.05, 4.69) is 37.1 Å². The molecular weight excluding hydrogens is 396 g/mol. The molecule has 0 N–H and O–H groups in total. The summed E-state index contributed by atoms with van der Waals surface area (Å²) in [6.07, 6.45) is 4.80. The molecule has 2 aliphatic rings. The van der Waals surface area contributed by atoms with Crippen LogP contribution >= 0.6 is 22.9 Å². The highest BCUT2D eigenvalue weighted by molar-refractivity contribution is 7.09. The van der Waals surface area contributed by atoms with E-state index in [-0.39, 0.29) is 5.91 Å². The van der Waals surface area contributed by atoms with Crippen molar-refractivity contribution in [3.8, 4) is 0 Å². The molecule has 2 saturated heterocycles. The van der Waals surface area contributed by atoms with Gasteiger partial charge in [-0.25, -0.2) is 15.0 Å². The molecule has 4 heterocycles. The Balaban J connectivity index is 1.37. The van der Waals surface area contributed by atoms with Crippen molar-refractivity contribution in [2.24, 2.45) is 0 Å². The number of aromatic nitrogens is 3. The predicted molar refractivity (Wildman–Crippen MR) is 111 cm³/mol. The molecular formula is C19H25ClN6OS. The molecule has 7 nitrogen and oxygen atoms in total. The molecule has 0 bridgehead atoms. The van der Waals surface area contributed by atoms with E-state index in [9.17, 15) is 4.79 Å². The first-order valence-electron chi connectivity index (χ1n) is 9.86. The molecule has 1 amide bonds. The summed E-state index contributed by atoms with van der Waals surface area (Å²) < 4.78 is 0. The number of anilines is 1. The van der Waals surface area contributed by atoms with Gasteiger partial charge < -0.3 is 9.80 Å². The third-order valence-electron chi connectivity index (χ3n) is 5.27. The van der Waals surface area contributed by atoms with Crippen LogP contribution < -0.4 is 4.90 Å². The topological polar surface area (TPSA) is 65.5 Å². The third-order valence-corrected chi connectivity index (χ3v) is 6.59. The van der Waals surface area contributed by atoms with Crippen molar-refractivity contribution >= 4 is 34.8 Å². The van der Waals surface area contributed by atoms with Gasteiger partial charge in [-0.05, 0) is 19.3 Å². The molecule has 2 aromatic rings. The van der Waals surface area contributed by atoms with Gasteiger partial charge in [0.1, 0.15) is 0 Å². The average Bonchev–Trinajstić information content (AvgIpc) is 3.40. The van der Waals surface area contributed by atoms with Crippen LogP contribution in [0.15, 0.2) is 11.6 Å². The zero-order chi connectivity index (χ0) is 19.5. The number of aryl methyl sites for hydroxylation is 1. The van der Waals surface area contributed by atoms with Gasteiger partial charge >= 0.3 is 0 Å². The van der Waals surface area contributed by atoms with Gasteiger partial charge in [0.05, 0.1) is 21.9 Å². The molecule has 0 radical (unpaired) electrons. The Kier molecular flexibility index (Phi) is 6.08. The predicted octanol–water partition coefficient (Wildman–Crippen LogP) is 2.71. The van der Waals surface area contributed by atoms with Crippen molar-refractivity contribution in [3.05, 3.63) is 33.0 Å². The van der Waals surface area contributed by atoms with Gasteiger partial charge in [0.15, 0.2) is 5.69 Å². The Morgan fingerprint density at radius 1 is 1.14 bits per heavy atom. The van der Waals surface area contributed by atoms with Crippen LogP contribution in [0.4, 0.5) is 5.95 Å². The lowest BCUT2D eigenvalue weighted by atomic mass is 10.2. The highest BCUT2D eigenvalue weighted by atomic mass is 35.5. The number of amides is 1. The first-order valence-corrected chi connectivity index (χ1v) is 11.1. The summed E-state index contributed by atoms with van der Waals surface area (Å²) in [5, 5.41) is 3.64. The van der Waals surface area contributed by atoms with Gasteiger partial charge in [0.25, 0.3) is 5.91 Å². The van der Waals surface area contributed by atoms with Crippen LogP contribution in [-0.4, -0.2) is 69.9 Å². The Morgan fingerprint density at radius 3 is 2.57 bits per heavy atom. The number of carbonyl (C=O) groups is 1. The number of carbonyl (C=O) groups excluding carboxylic acids is 1. The first kappa shape index (κ1) is 19.5. The first-order chi connectivity index (χ1) is 13.6. The smallest absolute Gasteiger partial charge is 0.274 e. The summed E-state index contributed by atoms with van der Waals surface area (Å²) in [4.78, 5) is 32.8. The van der Waals surface area contributed by atoms with Gasteiger partial charge in [-0.3, -0.25) is 9.69 Å². The van der Waals surface area contributed by atoms with Crippen LogP contribution in [0.25, 0.3) is 0 Å². The summed E-state index contributed by atoms with van der Waals surface area (Å²) in [5.41, 5.74) is 1.44. The van der Waals surface area contributed by atoms with Crippen molar-refractivity contribution in [3.63, 3.8) is 0 Å². The number of hydrogen-bond acceptors (Lipinski definition) is 7. The SMILES string of the molecule is CCc1nc(CN2CCN(C(=O)c3nc(N4CCCC4)ncc3Cl)CC2)cs1. The number of halogens is 1. The maximum Gasteiger partial charge on any atom is 0.274 e. The number of hydrogen-bond donors (Lipinski definition) is 0. The van der Waals surface area contributed by atoms with E-state index >= 15 is 0 Å². The highest BCUT2D eigenvalue weighted by Gasteiger charge is 2.26. The zero-order valence-corrected chi connectivity index (χ0v) is 17.7. The van der Waals surface area contributed by atoms with E-state index in [0.717, 1.165) is 57.7 Å². The summed E-state index contributed by atoms with van der Waals surface area (Å²) in [5.74, 6) is 0.508. The van der Waals surface area contributed by atoms with Crippen LogP contribution in [0.3, 0.4) is 0 Å². The molecule has 2 aliphatic heterocycles. The number of thiazole rings is 1. The molecule has 2 fully saturated rings. The molecule has 28 heavy (non-hydrogen) atoms. The van der Waals surface area contributed by atoms with Crippen molar-refractivity contribution in [2.75, 3.05) is 44.2 Å². The van der Waals surface area contributed by atoms with E-state index < -0.39 is 0 Å². The molecule has 9 heteroatoms. The van der Waals surface area contributed by atoms with Crippen molar-refractivity contribution in [1.29, 1.82) is 0 Å². The number of nitrogens with zero attached hydrogens (tertiary/aromatic N) is 6. The average molecular weight is 421 g/mol. The fraction of sp³-hybridized carbons (Fsp3) is 0.579. The van der Waals surface area contributed by atoms with Crippen LogP contribution in [0.1, 0.15) is 41.0 Å². The second-order valence-corrected chi connectivity index (χ2v) is 8.57. The standard InChI is InChI=1S/C19H25ClN6OS/c1-2-16-22-14(13-28-16)12-24-7-9-25(10-8-24)18(27)17-15(20)11-21-19(23-17)26-5-3-4-6-26/h11,13H,2-10,12H2,1H3. The minimum absolute atomic E-state index is 0.102. The summed E-state index contributed by atoms with van der Waals surface area (Å²) in [7, 11) is 0. The molecule has 0 spiro atoms. The lowest BCUT2D eigenvalue weighted by Gasteiger charge is -2.34. The molecule has 0 atom stereocenters. The minimum Gasteiger partial charge on any atom is -0.341 e. The largest absolute Gasteiger partial charge is 0.341 e. The lowest BCUT2D eigenvalue weighted by Crippen LogP contribution is -2.48. The second-order valence-electron chi connectivity index (χ2n) is 7.22. The maximum atomic E-state index is 13.0. The molecule has 2 aromatic heterocycles. The van der Waals surface area contributed by atoms with Crippen LogP contribution in [0.2, 0.25) is 5.02 Å². The van der Waals surface area contributed by atoms with Crippen LogP contribution in [0, 0.1) is 0 Å². The van der Waals surface area contributed by atoms with Crippen LogP contribution in [-0.2, 0) is 13.0 Å². The molecule has 4 rings (SSSR count). The van der Waals surface area contributed by atoms with E-state index in [1.807, 2.05) is 4.90 Å². The maximum absolute atomic E-state index is 13.0. The summed E-state index contributed by atoms with van der Waals surface area (Å²) in [6, 6.07) is 0. The Hall–Kier alpha value is -1.77. The third kappa shape index (κ3) is 4.29. The van der Waals surface area contributed by atoms with E-state index in [4.69, 9.17) is 11.6 Å². The van der Waals surface area contributed by atoms with Crippen LogP contribution in [0.5, 0.6) is 0 Å². The van der Waals surface area contributed by atoms with Crippen molar-refractivity contribution < 1.29 is 4.79 Å². The second kappa shape index (κ2) is 8.71. The van der Waals surface area contributed by atoms with Gasteiger partial charge in [0.2, 0.25) is 5.95 Å². The van der Waals surface area contributed by atoms with Crippen molar-refractivity contribution in [1.82, 2.24) is 24.8 Å². The summed E-state index contributed by atoms with van der Waals surface area (Å²) >= 11 is 7.98. The molecule has 0 saturated carbocycles. The van der Waals surface area contributed by atoms with Gasteiger partial charge in [0, 0.05) is 51.2 Å². The molecule has 0 unspecified atom stereocenters. The summed E-state index contributed by atoms with van der Waals surface area (Å²) in [6.45, 7) is 7.83. The normalized spacial score (nSPS) is 18.1. The molecule has 0 aliphatic carbocycles. The number of piperazine rings is 1. The molecule has 0 aromatic carbocycles. The van der Waals surface area contributed by atoms with Gasteiger partial charge in [-0.2, -0.15) is 0 Å². The quantitative estimate of drug-likeness (QED) is 0.741. The van der Waals surface area contributed by atoms with Crippen molar-refractivity contribution in [2.45, 2.75) is 32.7 Å². The monoisotopic (exact) mass is 420 g/mol. The van der Waals surface area contributed by atoms with Gasteiger partial charge in [-0.15, -0.1) is 11.3 Å². The fourth-order valence-corrected chi connectivity index (χ4v) is 4.56. The van der Waals surface area contributed by atoms with Gasteiger partial charge in [-0.1, -0.05) is 18.5 Å². The van der Waals surface area contributed by atoms with E-state index in [0.29, 0.717) is 29.8 Å².